The minimum Gasteiger partial charge on any atom is -0.467 e. The monoisotopic (exact) mass is 426 g/mol. The molecule has 0 unspecified atom stereocenters. The Labute approximate surface area is 182 Å². The third-order valence-electron chi connectivity index (χ3n) is 6.41. The topological polar surface area (TPSA) is 52.3 Å². The van der Waals surface area contributed by atoms with E-state index in [2.05, 4.69) is 28.3 Å². The van der Waals surface area contributed by atoms with Crippen LogP contribution in [0.25, 0.3) is 0 Å². The first-order chi connectivity index (χ1) is 14.7. The van der Waals surface area contributed by atoms with Gasteiger partial charge in [0.2, 0.25) is 0 Å². The first-order valence-corrected chi connectivity index (χ1v) is 11.9. The molecule has 0 N–H and O–H groups in total. The van der Waals surface area contributed by atoms with Gasteiger partial charge in [-0.05, 0) is 68.3 Å². The number of thiophene rings is 1. The predicted octanol–water partition coefficient (Wildman–Crippen LogP) is 3.68. The number of hydrogen-bond acceptors (Lipinski definition) is 6. The fourth-order valence-corrected chi connectivity index (χ4v) is 5.48. The average Bonchev–Trinajstić information content (AvgIpc) is 3.26. The van der Waals surface area contributed by atoms with Gasteiger partial charge in [0.1, 0.15) is 11.8 Å². The fraction of sp³-hybridized carbons (Fsp3) is 0.565. The number of furan rings is 1. The van der Waals surface area contributed by atoms with Gasteiger partial charge in [-0.1, -0.05) is 6.07 Å². The first kappa shape index (κ1) is 20.0. The quantitative estimate of drug-likeness (QED) is 0.646. The largest absolute Gasteiger partial charge is 0.467 e. The van der Waals surface area contributed by atoms with Crippen molar-refractivity contribution in [1.82, 2.24) is 14.8 Å². The summed E-state index contributed by atoms with van der Waals surface area (Å²) in [6.07, 6.45) is 6.35. The Kier molecular flexibility index (Phi) is 5.76. The van der Waals surface area contributed by atoms with Crippen LogP contribution in [0, 0.1) is 11.8 Å². The fourth-order valence-electron chi connectivity index (χ4n) is 4.76. The lowest BCUT2D eigenvalue weighted by Gasteiger charge is -2.24. The molecule has 4 heterocycles. The van der Waals surface area contributed by atoms with Crippen molar-refractivity contribution in [2.75, 3.05) is 39.8 Å². The van der Waals surface area contributed by atoms with Crippen LogP contribution in [0.2, 0.25) is 0 Å². The number of hydrazone groups is 1. The van der Waals surface area contributed by atoms with Gasteiger partial charge in [0.05, 0.1) is 23.4 Å². The predicted molar refractivity (Wildman–Crippen MR) is 119 cm³/mol. The van der Waals surface area contributed by atoms with Crippen LogP contribution in [-0.2, 0) is 4.79 Å². The molecule has 1 aliphatic carbocycles. The van der Waals surface area contributed by atoms with Crippen molar-refractivity contribution in [3.63, 3.8) is 0 Å². The zero-order valence-corrected chi connectivity index (χ0v) is 18.4. The second-order valence-corrected chi connectivity index (χ2v) is 10.00. The van der Waals surface area contributed by atoms with Crippen molar-refractivity contribution in [2.45, 2.75) is 31.7 Å². The highest BCUT2D eigenvalue weighted by atomic mass is 32.1. The van der Waals surface area contributed by atoms with Crippen LogP contribution in [0.3, 0.4) is 0 Å². The molecule has 6 nitrogen and oxygen atoms in total. The number of likely N-dealkylation sites (tertiary alicyclic amines) is 1. The van der Waals surface area contributed by atoms with E-state index in [9.17, 15) is 4.79 Å². The van der Waals surface area contributed by atoms with Crippen molar-refractivity contribution in [1.29, 1.82) is 0 Å². The van der Waals surface area contributed by atoms with Crippen LogP contribution < -0.4 is 0 Å². The first-order valence-electron chi connectivity index (χ1n) is 11.0. The van der Waals surface area contributed by atoms with Gasteiger partial charge in [0.25, 0.3) is 5.91 Å². The summed E-state index contributed by atoms with van der Waals surface area (Å²) < 4.78 is 5.65. The smallest absolute Gasteiger partial charge is 0.257 e. The van der Waals surface area contributed by atoms with E-state index >= 15 is 0 Å². The molecule has 0 bridgehead atoms. The lowest BCUT2D eigenvalue weighted by Crippen LogP contribution is -2.38. The number of carbonyl (C=O) groups is 1. The van der Waals surface area contributed by atoms with Crippen LogP contribution >= 0.6 is 11.3 Å². The SMILES string of the molecule is CN(CC1CC1)C[C@H]1CCN(CC(=O)N2N=C(c3cccs3)C[C@H]2c2ccco2)C1. The molecule has 5 rings (SSSR count). The summed E-state index contributed by atoms with van der Waals surface area (Å²) >= 11 is 1.67. The lowest BCUT2D eigenvalue weighted by molar-refractivity contribution is -0.134. The molecule has 0 aromatic carbocycles. The molecule has 2 aromatic heterocycles. The third kappa shape index (κ3) is 4.53. The lowest BCUT2D eigenvalue weighted by atomic mass is 10.1. The minimum absolute atomic E-state index is 0.0648. The van der Waals surface area contributed by atoms with Crippen LogP contribution in [0.4, 0.5) is 0 Å². The zero-order valence-electron chi connectivity index (χ0n) is 17.6. The maximum atomic E-state index is 13.2. The molecule has 2 fully saturated rings. The molecule has 7 heteroatoms. The van der Waals surface area contributed by atoms with Crippen LogP contribution in [0.5, 0.6) is 0 Å². The molecule has 2 aliphatic heterocycles. The van der Waals surface area contributed by atoms with E-state index in [0.717, 1.165) is 41.9 Å². The Morgan fingerprint density at radius 3 is 2.83 bits per heavy atom. The maximum absolute atomic E-state index is 13.2. The van der Waals surface area contributed by atoms with E-state index < -0.39 is 0 Å². The van der Waals surface area contributed by atoms with Crippen molar-refractivity contribution >= 4 is 23.0 Å². The Balaban J connectivity index is 1.21. The summed E-state index contributed by atoms with van der Waals surface area (Å²) in [5.41, 5.74) is 0.973. The highest BCUT2D eigenvalue weighted by Gasteiger charge is 2.36. The highest BCUT2D eigenvalue weighted by Crippen LogP contribution is 2.34. The number of hydrogen-bond donors (Lipinski definition) is 0. The van der Waals surface area contributed by atoms with Crippen molar-refractivity contribution < 1.29 is 9.21 Å². The second kappa shape index (κ2) is 8.65. The molecule has 0 spiro atoms. The Bertz CT molecular complexity index is 875. The van der Waals surface area contributed by atoms with Crippen molar-refractivity contribution in [3.8, 4) is 0 Å². The summed E-state index contributed by atoms with van der Waals surface area (Å²) in [4.78, 5) is 19.1. The molecule has 2 atom stereocenters. The van der Waals surface area contributed by atoms with E-state index in [1.165, 1.54) is 25.8 Å². The Morgan fingerprint density at radius 2 is 2.10 bits per heavy atom. The maximum Gasteiger partial charge on any atom is 0.257 e. The number of rotatable bonds is 8. The van der Waals surface area contributed by atoms with Gasteiger partial charge in [-0.3, -0.25) is 9.69 Å². The van der Waals surface area contributed by atoms with Gasteiger partial charge in [-0.25, -0.2) is 5.01 Å². The normalized spacial score (nSPS) is 24.7. The van der Waals surface area contributed by atoms with Gasteiger partial charge in [0.15, 0.2) is 0 Å². The Morgan fingerprint density at radius 1 is 1.23 bits per heavy atom. The van der Waals surface area contributed by atoms with Crippen LogP contribution in [-0.4, -0.2) is 66.2 Å². The van der Waals surface area contributed by atoms with Crippen LogP contribution in [0.15, 0.2) is 45.4 Å². The summed E-state index contributed by atoms with van der Waals surface area (Å²) in [5, 5.41) is 8.45. The van der Waals surface area contributed by atoms with E-state index in [-0.39, 0.29) is 11.9 Å². The number of amides is 1. The zero-order chi connectivity index (χ0) is 20.5. The van der Waals surface area contributed by atoms with E-state index in [0.29, 0.717) is 18.9 Å². The molecule has 1 amide bonds. The molecule has 160 valence electrons. The third-order valence-corrected chi connectivity index (χ3v) is 7.33. The van der Waals surface area contributed by atoms with Crippen molar-refractivity contribution in [3.05, 3.63) is 46.5 Å². The summed E-state index contributed by atoms with van der Waals surface area (Å²) in [6.45, 7) is 4.80. The average molecular weight is 427 g/mol. The summed E-state index contributed by atoms with van der Waals surface area (Å²) in [7, 11) is 2.24. The van der Waals surface area contributed by atoms with Gasteiger partial charge in [-0.2, -0.15) is 5.10 Å². The summed E-state index contributed by atoms with van der Waals surface area (Å²) in [5.74, 6) is 2.46. The standard InChI is InChI=1S/C23H30N4O2S/c1-25(13-17-6-7-17)14-18-8-9-26(15-18)16-23(28)27-20(21-4-2-10-29-21)12-19(24-27)22-5-3-11-30-22/h2-5,10-11,17-18,20H,6-9,12-16H2,1H3/t18-,20+/m1/s1. The van der Waals surface area contributed by atoms with Gasteiger partial charge >= 0.3 is 0 Å². The van der Waals surface area contributed by atoms with Crippen molar-refractivity contribution in [2.24, 2.45) is 16.9 Å². The van der Waals surface area contributed by atoms with Gasteiger partial charge in [-0.15, -0.1) is 11.3 Å². The second-order valence-electron chi connectivity index (χ2n) is 9.05. The minimum atomic E-state index is -0.146. The molecule has 3 aliphatic rings. The van der Waals surface area contributed by atoms with E-state index in [4.69, 9.17) is 9.52 Å². The van der Waals surface area contributed by atoms with E-state index in [1.807, 2.05) is 18.2 Å². The molecular formula is C23H30N4O2S. The summed E-state index contributed by atoms with van der Waals surface area (Å²) in [6, 6.07) is 7.77. The Hall–Kier alpha value is -1.96. The molecule has 1 saturated heterocycles. The molecule has 0 radical (unpaired) electrons. The molecule has 30 heavy (non-hydrogen) atoms. The highest BCUT2D eigenvalue weighted by molar-refractivity contribution is 7.12. The molecule has 2 aromatic rings. The molecule has 1 saturated carbocycles. The molecular weight excluding hydrogens is 396 g/mol. The van der Waals surface area contributed by atoms with Gasteiger partial charge in [0, 0.05) is 26.1 Å². The number of carbonyl (C=O) groups excluding carboxylic acids is 1. The van der Waals surface area contributed by atoms with E-state index in [1.54, 1.807) is 22.6 Å². The van der Waals surface area contributed by atoms with Gasteiger partial charge < -0.3 is 9.32 Å². The number of nitrogens with zero attached hydrogens (tertiary/aromatic N) is 4. The van der Waals surface area contributed by atoms with Crippen LogP contribution in [0.1, 0.15) is 42.4 Å².